The lowest BCUT2D eigenvalue weighted by molar-refractivity contribution is -0.161. The highest BCUT2D eigenvalue weighted by atomic mass is 35.5. The number of ether oxygens (including phenoxy) is 3. The van der Waals surface area contributed by atoms with E-state index in [1.165, 1.54) is 30.7 Å². The molecule has 0 aromatic heterocycles. The Morgan fingerprint density at radius 3 is 1.38 bits per heavy atom. The molecule has 4 rings (SSSR count). The van der Waals surface area contributed by atoms with Crippen molar-refractivity contribution in [2.24, 2.45) is 23.7 Å². The third-order valence-corrected chi connectivity index (χ3v) is 12.2. The third kappa shape index (κ3) is 14.5. The standard InChI is InChI=1S/C23H30ClNO6.C15H17Cl2NO3.C8H14O3/c1-15(2)17(13-16(3)26)21(28)30-14-31-22(29)25(4)23(12-8-7-11-20(23)27)18-9-5-6-10-19(18)24;1-18(14(20)21-10-16)15(9-5-4-8-13(15)19)11-6-2-3-7-12(11)17;1-5(2)7(8(10)11)4-6(3)9/h5-6,9-10,15,17H,7-8,11-14H2,1-4H3;2-3,6-7H,4-5,8-10H2,1H3;5,7H,4H2,1-3H3,(H,10,11)/t17-,23+;15-;7-/m010/s1. The smallest absolute Gasteiger partial charge is 0.413 e. The van der Waals surface area contributed by atoms with Crippen molar-refractivity contribution in [2.45, 2.75) is 117 Å². The Hall–Kier alpha value is -4.53. The maximum absolute atomic E-state index is 13.0. The number of ketones is 4. The molecule has 0 spiro atoms. The summed E-state index contributed by atoms with van der Waals surface area (Å²) < 4.78 is 15.1. The SMILES string of the molecule is CC(=O)C[C@H](C(=O)O)C(C)C.CC(=O)C[C@H](C(=O)OCOC(=O)N(C)[C@@]1(c2ccccc2Cl)CCCCC1=O)C(C)C.CN(C(=O)OCCl)[C@@]1(c2ccccc2Cl)CCCCC1=O. The van der Waals surface area contributed by atoms with Gasteiger partial charge in [0.25, 0.3) is 0 Å². The predicted molar refractivity (Wildman–Crippen MR) is 238 cm³/mol. The lowest BCUT2D eigenvalue weighted by Crippen LogP contribution is -2.54. The number of aliphatic carboxylic acids is 1. The number of carbonyl (C=O) groups excluding carboxylic acids is 7. The van der Waals surface area contributed by atoms with Crippen LogP contribution in [0.3, 0.4) is 0 Å². The van der Waals surface area contributed by atoms with Crippen molar-refractivity contribution in [1.82, 2.24) is 9.80 Å². The van der Waals surface area contributed by atoms with E-state index in [9.17, 15) is 38.4 Å². The second kappa shape index (κ2) is 25.7. The molecule has 1 N–H and O–H groups in total. The molecule has 0 bridgehead atoms. The number of carbonyl (C=O) groups is 8. The Kier molecular flexibility index (Phi) is 22.3. The number of likely N-dealkylation sites (N-methyl/N-ethyl adjacent to an activating group) is 2. The number of rotatable bonds is 15. The van der Waals surface area contributed by atoms with E-state index < -0.39 is 53.8 Å². The van der Waals surface area contributed by atoms with Gasteiger partial charge in [0.1, 0.15) is 22.6 Å². The Bertz CT molecular complexity index is 1940. The highest BCUT2D eigenvalue weighted by Crippen LogP contribution is 2.44. The number of nitrogens with zero attached hydrogens (tertiary/aromatic N) is 2. The first-order chi connectivity index (χ1) is 29.6. The van der Waals surface area contributed by atoms with Gasteiger partial charge >= 0.3 is 24.1 Å². The molecule has 2 aliphatic carbocycles. The van der Waals surface area contributed by atoms with Gasteiger partial charge in [-0.15, -0.1) is 0 Å². The van der Waals surface area contributed by atoms with Crippen molar-refractivity contribution in [1.29, 1.82) is 0 Å². The minimum Gasteiger partial charge on any atom is -0.481 e. The van der Waals surface area contributed by atoms with Crippen molar-refractivity contribution in [3.05, 3.63) is 69.7 Å². The highest BCUT2D eigenvalue weighted by molar-refractivity contribution is 6.32. The maximum atomic E-state index is 13.0. The van der Waals surface area contributed by atoms with Crippen LogP contribution in [0.5, 0.6) is 0 Å². The maximum Gasteiger partial charge on any atom is 0.413 e. The van der Waals surface area contributed by atoms with Gasteiger partial charge in [0.15, 0.2) is 17.6 Å². The molecule has 0 unspecified atom stereocenters. The molecule has 63 heavy (non-hydrogen) atoms. The Morgan fingerprint density at radius 1 is 0.651 bits per heavy atom. The minimum absolute atomic E-state index is 0.0177. The lowest BCUT2D eigenvalue weighted by Gasteiger charge is -2.43. The van der Waals surface area contributed by atoms with Crippen LogP contribution < -0.4 is 0 Å². The first-order valence-corrected chi connectivity index (χ1v) is 22.2. The summed E-state index contributed by atoms with van der Waals surface area (Å²) in [7, 11) is 3.05. The highest BCUT2D eigenvalue weighted by Gasteiger charge is 2.50. The Morgan fingerprint density at radius 2 is 1.05 bits per heavy atom. The third-order valence-electron chi connectivity index (χ3n) is 11.4. The van der Waals surface area contributed by atoms with Crippen LogP contribution >= 0.6 is 34.8 Å². The number of carboxylic acids is 1. The van der Waals surface area contributed by atoms with Crippen molar-refractivity contribution in [2.75, 3.05) is 27.0 Å². The summed E-state index contributed by atoms with van der Waals surface area (Å²) in [5, 5.41) is 9.51. The van der Waals surface area contributed by atoms with E-state index in [2.05, 4.69) is 0 Å². The van der Waals surface area contributed by atoms with Crippen molar-refractivity contribution >= 4 is 82.1 Å². The molecule has 0 aliphatic heterocycles. The fraction of sp³-hybridized carbons (Fsp3) is 0.565. The second-order valence-corrected chi connectivity index (χ2v) is 17.5. The van der Waals surface area contributed by atoms with Gasteiger partial charge in [0.2, 0.25) is 6.79 Å². The lowest BCUT2D eigenvalue weighted by atomic mass is 9.74. The average Bonchev–Trinajstić information content (AvgIpc) is 3.22. The molecule has 0 radical (unpaired) electrons. The molecule has 2 aromatic rings. The fourth-order valence-corrected chi connectivity index (χ4v) is 8.55. The van der Waals surface area contributed by atoms with Crippen LogP contribution in [0.2, 0.25) is 10.0 Å². The molecule has 4 atom stereocenters. The molecule has 0 heterocycles. The van der Waals surface area contributed by atoms with Gasteiger partial charge in [-0.1, -0.05) is 98.9 Å². The zero-order valence-corrected chi connectivity index (χ0v) is 39.6. The van der Waals surface area contributed by atoms with Crippen LogP contribution in [0.15, 0.2) is 48.5 Å². The number of halogens is 3. The summed E-state index contributed by atoms with van der Waals surface area (Å²) in [5.41, 5.74) is -1.10. The Balaban J connectivity index is 0.000000366. The number of hydrogen-bond acceptors (Lipinski definition) is 11. The first kappa shape index (κ1) is 54.6. The number of esters is 1. The minimum atomic E-state index is -1.23. The zero-order valence-electron chi connectivity index (χ0n) is 37.4. The van der Waals surface area contributed by atoms with Gasteiger partial charge in [-0.3, -0.25) is 29.0 Å². The van der Waals surface area contributed by atoms with E-state index in [1.807, 2.05) is 33.8 Å². The van der Waals surface area contributed by atoms with E-state index in [1.54, 1.807) is 49.5 Å². The molecule has 14 nitrogen and oxygen atoms in total. The molecule has 0 saturated heterocycles. The van der Waals surface area contributed by atoms with Gasteiger partial charge in [0.05, 0.1) is 11.8 Å². The van der Waals surface area contributed by atoms with Crippen LogP contribution in [0.1, 0.15) is 117 Å². The van der Waals surface area contributed by atoms with E-state index >= 15 is 0 Å². The van der Waals surface area contributed by atoms with Gasteiger partial charge in [0, 0.05) is 61.0 Å². The second-order valence-electron chi connectivity index (χ2n) is 16.4. The van der Waals surface area contributed by atoms with Crippen LogP contribution in [0, 0.1) is 23.7 Å². The normalized spacial score (nSPS) is 19.3. The van der Waals surface area contributed by atoms with Crippen molar-refractivity contribution < 1.29 is 57.7 Å². The largest absolute Gasteiger partial charge is 0.481 e. The summed E-state index contributed by atoms with van der Waals surface area (Å²) in [6.45, 7) is 9.47. The number of alkyl halides is 1. The van der Waals surface area contributed by atoms with Crippen molar-refractivity contribution in [3.8, 4) is 0 Å². The van der Waals surface area contributed by atoms with E-state index in [-0.39, 0.29) is 53.9 Å². The fourth-order valence-electron chi connectivity index (χ4n) is 7.87. The number of Topliss-reactive ketones (excluding diaryl/α,β-unsaturated/α-hetero) is 4. The summed E-state index contributed by atoms with van der Waals surface area (Å²) >= 11 is 18.1. The molecular weight excluding hydrogens is 879 g/mol. The predicted octanol–water partition coefficient (Wildman–Crippen LogP) is 9.76. The molecular formula is C46H61Cl3N2O12. The number of benzene rings is 2. The summed E-state index contributed by atoms with van der Waals surface area (Å²) in [4.78, 5) is 98.0. The van der Waals surface area contributed by atoms with Crippen LogP contribution in [0.25, 0.3) is 0 Å². The van der Waals surface area contributed by atoms with Gasteiger partial charge in [-0.05, 0) is 76.3 Å². The molecule has 2 aliphatic rings. The van der Waals surface area contributed by atoms with Gasteiger partial charge in [-0.25, -0.2) is 9.59 Å². The Labute approximate surface area is 385 Å². The molecule has 2 aromatic carbocycles. The molecule has 17 heteroatoms. The van der Waals surface area contributed by atoms with E-state index in [0.717, 1.165) is 25.7 Å². The van der Waals surface area contributed by atoms with Gasteiger partial charge < -0.3 is 28.9 Å². The molecule has 348 valence electrons. The molecule has 2 saturated carbocycles. The summed E-state index contributed by atoms with van der Waals surface area (Å²) in [6, 6.07) is 13.8. The monoisotopic (exact) mass is 938 g/mol. The summed E-state index contributed by atoms with van der Waals surface area (Å²) in [5.74, 6) is -2.99. The van der Waals surface area contributed by atoms with E-state index in [0.29, 0.717) is 46.9 Å². The quantitative estimate of drug-likeness (QED) is 0.101. The first-order valence-electron chi connectivity index (χ1n) is 20.9. The van der Waals surface area contributed by atoms with Crippen molar-refractivity contribution in [3.63, 3.8) is 0 Å². The van der Waals surface area contributed by atoms with Crippen LogP contribution in [-0.4, -0.2) is 89.1 Å². The zero-order chi connectivity index (χ0) is 47.7. The topological polar surface area (TPSA) is 191 Å². The van der Waals surface area contributed by atoms with E-state index in [4.69, 9.17) is 54.1 Å². The number of hydrogen-bond donors (Lipinski definition) is 1. The van der Waals surface area contributed by atoms with Gasteiger partial charge in [-0.2, -0.15) is 0 Å². The number of carboxylic acid groups (broad SMARTS) is 1. The molecule has 2 fully saturated rings. The number of amides is 2. The molecule has 2 amide bonds. The average molecular weight is 940 g/mol. The summed E-state index contributed by atoms with van der Waals surface area (Å²) in [6.07, 6.45) is 3.67. The van der Waals surface area contributed by atoms with Crippen LogP contribution in [-0.2, 0) is 54.1 Å². The van der Waals surface area contributed by atoms with Crippen LogP contribution in [0.4, 0.5) is 9.59 Å².